The Morgan fingerprint density at radius 3 is 2.32 bits per heavy atom. The van der Waals surface area contributed by atoms with Crippen molar-refractivity contribution in [2.45, 2.75) is 25.9 Å². The number of hydrogen-bond acceptors (Lipinski definition) is 5. The summed E-state index contributed by atoms with van der Waals surface area (Å²) in [6.45, 7) is 4.17. The van der Waals surface area contributed by atoms with Crippen LogP contribution in [0.25, 0.3) is 5.69 Å². The average molecular weight is 549 g/mol. The Labute approximate surface area is 232 Å². The van der Waals surface area contributed by atoms with E-state index in [2.05, 4.69) is 39.7 Å². The Balaban J connectivity index is 1.74. The maximum atomic E-state index is 6.41. The van der Waals surface area contributed by atoms with E-state index in [1.165, 1.54) is 0 Å². The van der Waals surface area contributed by atoms with E-state index in [1.54, 1.807) is 27.5 Å². The molecule has 38 heavy (non-hydrogen) atoms. The third-order valence-corrected chi connectivity index (χ3v) is 7.46. The lowest BCUT2D eigenvalue weighted by Gasteiger charge is -2.29. The van der Waals surface area contributed by atoms with E-state index < -0.39 is 0 Å². The van der Waals surface area contributed by atoms with Gasteiger partial charge in [0.15, 0.2) is 5.11 Å². The summed E-state index contributed by atoms with van der Waals surface area (Å²) in [7, 11) is 4.96. The second kappa shape index (κ2) is 10.6. The molecule has 1 aliphatic heterocycles. The predicted octanol–water partition coefficient (Wildman–Crippen LogP) is 6.35. The molecule has 0 unspecified atom stereocenters. The predicted molar refractivity (Wildman–Crippen MR) is 154 cm³/mol. The van der Waals surface area contributed by atoms with Crippen molar-refractivity contribution < 1.29 is 14.2 Å². The van der Waals surface area contributed by atoms with Gasteiger partial charge in [0.1, 0.15) is 17.2 Å². The summed E-state index contributed by atoms with van der Waals surface area (Å²) in [5.74, 6) is 2.13. The summed E-state index contributed by atoms with van der Waals surface area (Å²) in [5.41, 5.74) is 5.71. The Hall–Kier alpha value is -3.75. The summed E-state index contributed by atoms with van der Waals surface area (Å²) < 4.78 is 19.2. The van der Waals surface area contributed by atoms with Crippen molar-refractivity contribution in [1.29, 1.82) is 0 Å². The van der Waals surface area contributed by atoms with Gasteiger partial charge in [-0.2, -0.15) is 0 Å². The number of aromatic nitrogens is 2. The molecule has 0 saturated carbocycles. The molecular weight excluding hydrogens is 520 g/mol. The van der Waals surface area contributed by atoms with Crippen LogP contribution < -0.4 is 24.4 Å². The van der Waals surface area contributed by atoms with Crippen molar-refractivity contribution in [2.24, 2.45) is 0 Å². The molecule has 0 bridgehead atoms. The molecule has 1 aliphatic rings. The van der Waals surface area contributed by atoms with E-state index in [9.17, 15) is 0 Å². The van der Waals surface area contributed by atoms with Crippen molar-refractivity contribution in [1.82, 2.24) is 14.9 Å². The summed E-state index contributed by atoms with van der Waals surface area (Å²) in [6.07, 6.45) is 1.80. The molecule has 0 spiro atoms. The van der Waals surface area contributed by atoms with E-state index >= 15 is 0 Å². The minimum absolute atomic E-state index is 0.213. The van der Waals surface area contributed by atoms with E-state index in [1.807, 2.05) is 54.6 Å². The minimum Gasteiger partial charge on any atom is -0.497 e. The van der Waals surface area contributed by atoms with Gasteiger partial charge in [-0.15, -0.1) is 0 Å². The summed E-state index contributed by atoms with van der Waals surface area (Å²) in [6, 6.07) is 19.0. The molecule has 4 aromatic rings. The fourth-order valence-corrected chi connectivity index (χ4v) is 5.72. The highest BCUT2D eigenvalue weighted by molar-refractivity contribution is 7.80. The lowest BCUT2D eigenvalue weighted by Crippen LogP contribution is -2.30. The number of rotatable bonds is 7. The second-order valence-corrected chi connectivity index (χ2v) is 9.84. The molecule has 3 heterocycles. The van der Waals surface area contributed by atoms with E-state index in [0.29, 0.717) is 21.6 Å². The van der Waals surface area contributed by atoms with E-state index in [0.717, 1.165) is 39.8 Å². The van der Waals surface area contributed by atoms with Crippen LogP contribution in [0.15, 0.2) is 66.9 Å². The molecule has 2 aromatic carbocycles. The zero-order valence-electron chi connectivity index (χ0n) is 21.9. The fraction of sp³-hybridized carbons (Fsp3) is 0.241. The average Bonchev–Trinajstić information content (AvgIpc) is 3.43. The molecule has 7 nitrogen and oxygen atoms in total. The number of nitrogens with one attached hydrogen (secondary N) is 1. The number of ether oxygens (including phenoxy) is 3. The third kappa shape index (κ3) is 4.44. The van der Waals surface area contributed by atoms with Gasteiger partial charge >= 0.3 is 0 Å². The standard InChI is InChI=1S/C29H29ClN4O3S/c1-17-14-21(18(2)33(17)23-15-19(30)9-11-25(23)36-4)28-27(22-8-6-7-13-31-22)32-29(38)34(28)24-16-20(35-3)10-12-26(24)37-5/h6-16,27-28H,1-5H3,(H,32,38)/t27-,28+/m0/s1. The van der Waals surface area contributed by atoms with Crippen LogP contribution in [0.2, 0.25) is 5.02 Å². The lowest BCUT2D eigenvalue weighted by atomic mass is 9.96. The topological polar surface area (TPSA) is 60.8 Å². The monoisotopic (exact) mass is 548 g/mol. The van der Waals surface area contributed by atoms with Crippen LogP contribution in [0.5, 0.6) is 17.2 Å². The Bertz CT molecular complexity index is 1490. The largest absolute Gasteiger partial charge is 0.497 e. The SMILES string of the molecule is COc1ccc(OC)c(N2C(=S)N[C@@H](c3ccccn3)[C@H]2c2cc(C)n(-c3cc(Cl)ccc3OC)c2C)c1. The number of thiocarbonyl (C=S) groups is 1. The number of pyridine rings is 1. The van der Waals surface area contributed by atoms with Crippen molar-refractivity contribution in [3.05, 3.63) is 94.5 Å². The third-order valence-electron chi connectivity index (χ3n) is 6.91. The first kappa shape index (κ1) is 25.9. The van der Waals surface area contributed by atoms with Crippen molar-refractivity contribution in [2.75, 3.05) is 26.2 Å². The van der Waals surface area contributed by atoms with Crippen LogP contribution in [0, 0.1) is 13.8 Å². The highest BCUT2D eigenvalue weighted by atomic mass is 35.5. The molecule has 0 aliphatic carbocycles. The number of methoxy groups -OCH3 is 3. The van der Waals surface area contributed by atoms with Gasteiger partial charge in [0.25, 0.3) is 0 Å². The molecule has 1 saturated heterocycles. The first-order valence-corrected chi connectivity index (χ1v) is 12.9. The summed E-state index contributed by atoms with van der Waals surface area (Å²) >= 11 is 12.4. The quantitative estimate of drug-likeness (QED) is 0.270. The zero-order valence-corrected chi connectivity index (χ0v) is 23.4. The molecule has 9 heteroatoms. The summed E-state index contributed by atoms with van der Waals surface area (Å²) in [4.78, 5) is 6.78. The van der Waals surface area contributed by atoms with E-state index in [-0.39, 0.29) is 12.1 Å². The number of nitrogens with zero attached hydrogens (tertiary/aromatic N) is 3. The Kier molecular flexibility index (Phi) is 7.19. The lowest BCUT2D eigenvalue weighted by molar-refractivity contribution is 0.403. The van der Waals surface area contributed by atoms with Gasteiger partial charge in [0.05, 0.1) is 50.5 Å². The van der Waals surface area contributed by atoms with Crippen molar-refractivity contribution in [3.63, 3.8) is 0 Å². The fourth-order valence-electron chi connectivity index (χ4n) is 5.21. The number of hydrogen-bond donors (Lipinski definition) is 1. The normalized spacial score (nSPS) is 16.9. The summed E-state index contributed by atoms with van der Waals surface area (Å²) in [5, 5.41) is 4.73. The zero-order chi connectivity index (χ0) is 27.0. The number of halogens is 1. The van der Waals surface area contributed by atoms with Crippen LogP contribution in [0.3, 0.4) is 0 Å². The van der Waals surface area contributed by atoms with Crippen LogP contribution in [-0.4, -0.2) is 36.0 Å². The van der Waals surface area contributed by atoms with Crippen molar-refractivity contribution in [3.8, 4) is 22.9 Å². The van der Waals surface area contributed by atoms with Crippen LogP contribution in [0.1, 0.15) is 34.7 Å². The first-order valence-electron chi connectivity index (χ1n) is 12.1. The Morgan fingerprint density at radius 1 is 0.895 bits per heavy atom. The molecular formula is C29H29ClN4O3S. The number of aryl methyl sites for hydroxylation is 1. The van der Waals surface area contributed by atoms with E-state index in [4.69, 9.17) is 38.0 Å². The Morgan fingerprint density at radius 2 is 1.63 bits per heavy atom. The molecule has 2 aromatic heterocycles. The van der Waals surface area contributed by atoms with Gasteiger partial charge in [0, 0.05) is 28.7 Å². The smallest absolute Gasteiger partial charge is 0.174 e. The van der Waals surface area contributed by atoms with Crippen LogP contribution >= 0.6 is 23.8 Å². The first-order chi connectivity index (χ1) is 18.4. The number of anilines is 1. The highest BCUT2D eigenvalue weighted by Gasteiger charge is 2.43. The number of benzene rings is 2. The molecule has 5 rings (SSSR count). The molecule has 1 fully saturated rings. The molecule has 2 atom stereocenters. The van der Waals surface area contributed by atoms with Gasteiger partial charge in [-0.3, -0.25) is 4.98 Å². The molecule has 196 valence electrons. The molecule has 0 amide bonds. The van der Waals surface area contributed by atoms with Crippen molar-refractivity contribution >= 4 is 34.6 Å². The highest BCUT2D eigenvalue weighted by Crippen LogP contribution is 2.47. The molecule has 1 N–H and O–H groups in total. The van der Waals surface area contributed by atoms with Crippen LogP contribution in [0.4, 0.5) is 5.69 Å². The van der Waals surface area contributed by atoms with Crippen LogP contribution in [-0.2, 0) is 0 Å². The maximum Gasteiger partial charge on any atom is 0.174 e. The van der Waals surface area contributed by atoms with Gasteiger partial charge < -0.3 is 29.0 Å². The van der Waals surface area contributed by atoms with Gasteiger partial charge in [-0.1, -0.05) is 17.7 Å². The maximum absolute atomic E-state index is 6.41. The van der Waals surface area contributed by atoms with Gasteiger partial charge in [-0.25, -0.2) is 0 Å². The molecule has 0 radical (unpaired) electrons. The van der Waals surface area contributed by atoms with Gasteiger partial charge in [-0.05, 0) is 80.2 Å². The second-order valence-electron chi connectivity index (χ2n) is 9.01. The minimum atomic E-state index is -0.233. The van der Waals surface area contributed by atoms with Gasteiger partial charge in [0.2, 0.25) is 0 Å².